The molecule has 1 aliphatic carbocycles. The van der Waals surface area contributed by atoms with Gasteiger partial charge in [-0.2, -0.15) is 0 Å². The van der Waals surface area contributed by atoms with Gasteiger partial charge in [0.2, 0.25) is 5.91 Å². The van der Waals surface area contributed by atoms with Crippen LogP contribution in [0.4, 0.5) is 0 Å². The summed E-state index contributed by atoms with van der Waals surface area (Å²) in [5, 5.41) is 0. The van der Waals surface area contributed by atoms with E-state index in [2.05, 4.69) is 4.90 Å². The Hall–Kier alpha value is -1.66. The molecule has 3 rings (SSSR count). The molecule has 2 atom stereocenters. The maximum atomic E-state index is 13.0. The standard InChI is InChI=1S/C21H32N2O4/c1-26-18-9-12-22(13-10-18)14-15-23-11-3-4-19(20(23)24)16-5-7-17(8-6-16)21(25)27-2/h5-7,17-19H,3-4,8-15H2,1-2H3. The third kappa shape index (κ3) is 4.99. The van der Waals surface area contributed by atoms with Gasteiger partial charge in [-0.25, -0.2) is 0 Å². The maximum Gasteiger partial charge on any atom is 0.312 e. The molecule has 0 N–H and O–H groups in total. The number of nitrogens with zero attached hydrogens (tertiary/aromatic N) is 2. The van der Waals surface area contributed by atoms with Crippen LogP contribution in [0.3, 0.4) is 0 Å². The van der Waals surface area contributed by atoms with E-state index in [9.17, 15) is 9.59 Å². The zero-order valence-electron chi connectivity index (χ0n) is 16.6. The van der Waals surface area contributed by atoms with E-state index in [-0.39, 0.29) is 23.7 Å². The van der Waals surface area contributed by atoms with Gasteiger partial charge in [0.1, 0.15) is 0 Å². The second-order valence-corrected chi connectivity index (χ2v) is 7.73. The van der Waals surface area contributed by atoms with E-state index in [1.165, 1.54) is 7.11 Å². The lowest BCUT2D eigenvalue weighted by Crippen LogP contribution is -2.47. The number of hydrogen-bond donors (Lipinski definition) is 0. The Balaban J connectivity index is 1.50. The molecule has 2 saturated heterocycles. The van der Waals surface area contributed by atoms with E-state index in [1.807, 2.05) is 23.1 Å². The molecule has 6 heteroatoms. The van der Waals surface area contributed by atoms with Gasteiger partial charge in [-0.15, -0.1) is 0 Å². The van der Waals surface area contributed by atoms with Gasteiger partial charge in [0, 0.05) is 39.8 Å². The van der Waals surface area contributed by atoms with Crippen LogP contribution in [-0.4, -0.2) is 74.7 Å². The number of carbonyl (C=O) groups is 2. The first kappa shape index (κ1) is 20.1. The van der Waals surface area contributed by atoms with Crippen LogP contribution in [0.1, 0.15) is 32.1 Å². The molecular formula is C21H32N2O4. The molecule has 0 bridgehead atoms. The van der Waals surface area contributed by atoms with Crippen LogP contribution in [0.25, 0.3) is 0 Å². The van der Waals surface area contributed by atoms with Crippen LogP contribution >= 0.6 is 0 Å². The van der Waals surface area contributed by atoms with Crippen molar-refractivity contribution >= 4 is 11.9 Å². The number of likely N-dealkylation sites (tertiary alicyclic amines) is 2. The smallest absolute Gasteiger partial charge is 0.312 e. The molecule has 2 unspecified atom stereocenters. The van der Waals surface area contributed by atoms with Crippen molar-refractivity contribution in [3.05, 3.63) is 23.8 Å². The zero-order valence-corrected chi connectivity index (χ0v) is 16.6. The van der Waals surface area contributed by atoms with E-state index >= 15 is 0 Å². The number of piperidine rings is 2. The molecule has 0 aromatic heterocycles. The summed E-state index contributed by atoms with van der Waals surface area (Å²) in [5.41, 5.74) is 1.06. The molecule has 150 valence electrons. The van der Waals surface area contributed by atoms with Crippen molar-refractivity contribution < 1.29 is 19.1 Å². The Labute approximate surface area is 162 Å². The Morgan fingerprint density at radius 1 is 1.15 bits per heavy atom. The second-order valence-electron chi connectivity index (χ2n) is 7.73. The lowest BCUT2D eigenvalue weighted by atomic mass is 9.84. The molecule has 3 aliphatic rings. The number of methoxy groups -OCH3 is 2. The van der Waals surface area contributed by atoms with Crippen molar-refractivity contribution in [3.63, 3.8) is 0 Å². The molecule has 0 aromatic rings. The number of esters is 1. The normalized spacial score (nSPS) is 27.6. The van der Waals surface area contributed by atoms with Crippen molar-refractivity contribution in [3.8, 4) is 0 Å². The number of rotatable bonds is 6. The highest BCUT2D eigenvalue weighted by Gasteiger charge is 2.32. The average molecular weight is 376 g/mol. The summed E-state index contributed by atoms with van der Waals surface area (Å²) in [4.78, 5) is 29.1. The first-order valence-corrected chi connectivity index (χ1v) is 10.1. The molecule has 0 aromatic carbocycles. The van der Waals surface area contributed by atoms with Gasteiger partial charge in [0.25, 0.3) is 0 Å². The highest BCUT2D eigenvalue weighted by atomic mass is 16.5. The van der Waals surface area contributed by atoms with Gasteiger partial charge >= 0.3 is 5.97 Å². The van der Waals surface area contributed by atoms with Gasteiger partial charge in [-0.1, -0.05) is 18.2 Å². The van der Waals surface area contributed by atoms with Crippen molar-refractivity contribution in [2.24, 2.45) is 11.8 Å². The molecule has 2 fully saturated rings. The third-order valence-electron chi connectivity index (χ3n) is 6.12. The van der Waals surface area contributed by atoms with E-state index in [0.717, 1.165) is 64.0 Å². The lowest BCUT2D eigenvalue weighted by Gasteiger charge is -2.36. The first-order chi connectivity index (χ1) is 13.1. The van der Waals surface area contributed by atoms with Crippen LogP contribution in [0.15, 0.2) is 23.8 Å². The quantitative estimate of drug-likeness (QED) is 0.664. The van der Waals surface area contributed by atoms with Crippen LogP contribution in [0.5, 0.6) is 0 Å². The summed E-state index contributed by atoms with van der Waals surface area (Å²) in [6.45, 7) is 4.69. The lowest BCUT2D eigenvalue weighted by molar-refractivity contribution is -0.143. The summed E-state index contributed by atoms with van der Waals surface area (Å²) in [6.07, 6.45) is 11.0. The number of hydrogen-bond acceptors (Lipinski definition) is 5. The summed E-state index contributed by atoms with van der Waals surface area (Å²) in [7, 11) is 3.20. The van der Waals surface area contributed by atoms with Gasteiger partial charge < -0.3 is 19.3 Å². The van der Waals surface area contributed by atoms with Gasteiger partial charge in [0.05, 0.1) is 25.0 Å². The minimum Gasteiger partial charge on any atom is -0.469 e. The minimum absolute atomic E-state index is 0.0622. The van der Waals surface area contributed by atoms with Crippen molar-refractivity contribution in [2.75, 3.05) is 46.9 Å². The summed E-state index contributed by atoms with van der Waals surface area (Å²) in [6, 6.07) is 0. The first-order valence-electron chi connectivity index (χ1n) is 10.1. The molecule has 0 saturated carbocycles. The fourth-order valence-corrected chi connectivity index (χ4v) is 4.32. The van der Waals surface area contributed by atoms with Gasteiger partial charge in [-0.05, 0) is 37.7 Å². The molecule has 2 aliphatic heterocycles. The monoisotopic (exact) mass is 376 g/mol. The second kappa shape index (κ2) is 9.51. The topological polar surface area (TPSA) is 59.1 Å². The van der Waals surface area contributed by atoms with Gasteiger partial charge in [-0.3, -0.25) is 9.59 Å². The van der Waals surface area contributed by atoms with Crippen LogP contribution < -0.4 is 0 Å². The summed E-state index contributed by atoms with van der Waals surface area (Å²) < 4.78 is 10.2. The van der Waals surface area contributed by atoms with E-state index in [0.29, 0.717) is 12.5 Å². The molecular weight excluding hydrogens is 344 g/mol. The van der Waals surface area contributed by atoms with Crippen LogP contribution in [0, 0.1) is 11.8 Å². The Kier molecular flexibility index (Phi) is 7.07. The third-order valence-corrected chi connectivity index (χ3v) is 6.12. The molecule has 0 spiro atoms. The number of allylic oxidation sites excluding steroid dienone is 2. The number of ether oxygens (including phenoxy) is 2. The maximum absolute atomic E-state index is 13.0. The minimum atomic E-state index is -0.219. The van der Waals surface area contributed by atoms with E-state index in [1.54, 1.807) is 7.11 Å². The van der Waals surface area contributed by atoms with Crippen LogP contribution in [-0.2, 0) is 19.1 Å². The summed E-state index contributed by atoms with van der Waals surface area (Å²) >= 11 is 0. The highest BCUT2D eigenvalue weighted by Crippen LogP contribution is 2.30. The highest BCUT2D eigenvalue weighted by molar-refractivity contribution is 5.83. The fourth-order valence-electron chi connectivity index (χ4n) is 4.32. The van der Waals surface area contributed by atoms with Crippen LogP contribution in [0.2, 0.25) is 0 Å². The number of amides is 1. The van der Waals surface area contributed by atoms with E-state index < -0.39 is 0 Å². The Morgan fingerprint density at radius 2 is 1.93 bits per heavy atom. The molecule has 6 nitrogen and oxygen atoms in total. The largest absolute Gasteiger partial charge is 0.469 e. The zero-order chi connectivity index (χ0) is 19.2. The molecule has 0 radical (unpaired) electrons. The van der Waals surface area contributed by atoms with Gasteiger partial charge in [0.15, 0.2) is 0 Å². The predicted molar refractivity (Wildman–Crippen MR) is 103 cm³/mol. The van der Waals surface area contributed by atoms with Crippen molar-refractivity contribution in [1.29, 1.82) is 0 Å². The molecule has 1 amide bonds. The SMILES string of the molecule is COC(=O)C1C=CC(C2CCCN(CCN3CCC(OC)CC3)C2=O)=CC1. The number of carbonyl (C=O) groups excluding carboxylic acids is 2. The fraction of sp³-hybridized carbons (Fsp3) is 0.714. The summed E-state index contributed by atoms with van der Waals surface area (Å²) in [5.74, 6) is -0.257. The Bertz CT molecular complexity index is 593. The van der Waals surface area contributed by atoms with Crippen molar-refractivity contribution in [2.45, 2.75) is 38.2 Å². The average Bonchev–Trinajstić information content (AvgIpc) is 2.73. The molecule has 2 heterocycles. The molecule has 27 heavy (non-hydrogen) atoms. The predicted octanol–water partition coefficient (Wildman–Crippen LogP) is 2.01. The Morgan fingerprint density at radius 3 is 2.56 bits per heavy atom. The van der Waals surface area contributed by atoms with E-state index in [4.69, 9.17) is 9.47 Å². The van der Waals surface area contributed by atoms with Crippen molar-refractivity contribution in [1.82, 2.24) is 9.80 Å².